The molecule has 0 saturated carbocycles. The Morgan fingerprint density at radius 1 is 1.29 bits per heavy atom. The number of pyridine rings is 1. The Hall–Kier alpha value is -1.82. The number of piperidine rings is 1. The third kappa shape index (κ3) is 4.60. The minimum Gasteiger partial charge on any atom is -0.444 e. The molecule has 2 rings (SSSR count). The summed E-state index contributed by atoms with van der Waals surface area (Å²) in [5.41, 5.74) is 1.15. The minimum absolute atomic E-state index is 0.456. The van der Waals surface area contributed by atoms with Crippen LogP contribution >= 0.6 is 0 Å². The first-order valence-corrected chi connectivity index (χ1v) is 8.57. The van der Waals surface area contributed by atoms with Crippen molar-refractivity contribution in [3.05, 3.63) is 18.5 Å². The molecule has 134 valence electrons. The first kappa shape index (κ1) is 18.5. The maximum absolute atomic E-state index is 12.1. The summed E-state index contributed by atoms with van der Waals surface area (Å²) in [6.45, 7) is 11.9. The molecule has 0 aromatic carbocycles. The number of aromatic nitrogens is 1. The van der Waals surface area contributed by atoms with Gasteiger partial charge in [-0.2, -0.15) is 0 Å². The molecule has 1 saturated heterocycles. The third-order valence-corrected chi connectivity index (χ3v) is 4.35. The summed E-state index contributed by atoms with van der Waals surface area (Å²) in [4.78, 5) is 18.6. The highest BCUT2D eigenvalue weighted by Crippen LogP contribution is 2.31. The van der Waals surface area contributed by atoms with Crippen LogP contribution in [-0.2, 0) is 4.74 Å². The van der Waals surface area contributed by atoms with Crippen LogP contribution in [-0.4, -0.2) is 42.9 Å². The van der Waals surface area contributed by atoms with Crippen LogP contribution in [0.3, 0.4) is 0 Å². The van der Waals surface area contributed by atoms with E-state index in [0.717, 1.165) is 18.8 Å². The van der Waals surface area contributed by atoms with E-state index in [-0.39, 0.29) is 0 Å². The van der Waals surface area contributed by atoms with Gasteiger partial charge in [-0.05, 0) is 45.7 Å². The van der Waals surface area contributed by atoms with Crippen LogP contribution in [0.25, 0.3) is 0 Å². The summed E-state index contributed by atoms with van der Waals surface area (Å²) in [5.74, 6) is 1.03. The van der Waals surface area contributed by atoms with E-state index in [2.05, 4.69) is 34.4 Å². The van der Waals surface area contributed by atoms with Gasteiger partial charge < -0.3 is 15.0 Å². The fourth-order valence-corrected chi connectivity index (χ4v) is 3.50. The Labute approximate surface area is 145 Å². The molecule has 6 nitrogen and oxygen atoms in total. The summed E-state index contributed by atoms with van der Waals surface area (Å²) in [7, 11) is 2.02. The third-order valence-electron chi connectivity index (χ3n) is 4.35. The second kappa shape index (κ2) is 7.38. The Bertz CT molecular complexity index is 558. The molecule has 1 fully saturated rings. The Kier molecular flexibility index (Phi) is 5.70. The largest absolute Gasteiger partial charge is 0.444 e. The lowest BCUT2D eigenvalue weighted by atomic mass is 9.85. The molecule has 0 spiro atoms. The number of ether oxygens (including phenoxy) is 1. The normalized spacial score (nSPS) is 24.6. The van der Waals surface area contributed by atoms with E-state index in [0.29, 0.717) is 23.6 Å². The molecule has 1 aromatic heterocycles. The minimum atomic E-state index is -0.527. The lowest BCUT2D eigenvalue weighted by Crippen LogP contribution is -2.52. The van der Waals surface area contributed by atoms with Crippen molar-refractivity contribution in [1.29, 1.82) is 0 Å². The van der Waals surface area contributed by atoms with Crippen LogP contribution in [0, 0.1) is 11.8 Å². The fourth-order valence-electron chi connectivity index (χ4n) is 3.50. The fraction of sp³-hybridized carbons (Fsp3) is 0.667. The summed E-state index contributed by atoms with van der Waals surface area (Å²) in [6.07, 6.45) is 2.98. The number of nitrogens with zero attached hydrogens (tertiary/aromatic N) is 2. The van der Waals surface area contributed by atoms with Crippen LogP contribution in [0.4, 0.5) is 16.2 Å². The van der Waals surface area contributed by atoms with Crippen molar-refractivity contribution in [2.45, 2.75) is 46.3 Å². The number of hydrogen-bond donors (Lipinski definition) is 2. The monoisotopic (exact) mass is 334 g/mol. The molecule has 3 atom stereocenters. The standard InChI is InChI=1S/C18H30N4O2/c1-12-10-22(11-13(2)16(12)19-6)15-7-8-20-9-14(15)21-17(23)24-18(3,4)5/h7-9,12-13,16,19H,10-11H2,1-6H3,(H,21,23)/t12-,13+,16?. The van der Waals surface area contributed by atoms with Crippen LogP contribution in [0.1, 0.15) is 34.6 Å². The molecular weight excluding hydrogens is 304 g/mol. The van der Waals surface area contributed by atoms with Crippen molar-refractivity contribution < 1.29 is 9.53 Å². The van der Waals surface area contributed by atoms with Gasteiger partial charge in [0.05, 0.1) is 17.6 Å². The average Bonchev–Trinajstić information content (AvgIpc) is 2.45. The van der Waals surface area contributed by atoms with Gasteiger partial charge in [0.2, 0.25) is 0 Å². The molecule has 1 aliphatic rings. The molecule has 0 bridgehead atoms. The van der Waals surface area contributed by atoms with Gasteiger partial charge in [0.25, 0.3) is 0 Å². The van der Waals surface area contributed by atoms with Crippen LogP contribution in [0.15, 0.2) is 18.5 Å². The summed E-state index contributed by atoms with van der Waals surface area (Å²) in [6, 6.07) is 2.46. The quantitative estimate of drug-likeness (QED) is 0.889. The zero-order valence-electron chi connectivity index (χ0n) is 15.6. The maximum atomic E-state index is 12.1. The topological polar surface area (TPSA) is 66.5 Å². The molecule has 0 radical (unpaired) electrons. The zero-order valence-corrected chi connectivity index (χ0v) is 15.6. The van der Waals surface area contributed by atoms with E-state index in [4.69, 9.17) is 4.74 Å². The van der Waals surface area contributed by atoms with E-state index in [1.165, 1.54) is 0 Å². The number of anilines is 2. The van der Waals surface area contributed by atoms with Crippen LogP contribution in [0.5, 0.6) is 0 Å². The number of hydrogen-bond acceptors (Lipinski definition) is 5. The van der Waals surface area contributed by atoms with Crippen LogP contribution < -0.4 is 15.5 Å². The number of rotatable bonds is 3. The van der Waals surface area contributed by atoms with Crippen LogP contribution in [0.2, 0.25) is 0 Å². The lowest BCUT2D eigenvalue weighted by molar-refractivity contribution is 0.0636. The Balaban J connectivity index is 2.16. The van der Waals surface area contributed by atoms with E-state index in [1.807, 2.05) is 33.9 Å². The number of nitrogens with one attached hydrogen (secondary N) is 2. The smallest absolute Gasteiger partial charge is 0.412 e. The molecule has 6 heteroatoms. The second-order valence-corrected chi connectivity index (χ2v) is 7.69. The lowest BCUT2D eigenvalue weighted by Gasteiger charge is -2.43. The molecule has 2 N–H and O–H groups in total. The van der Waals surface area contributed by atoms with Gasteiger partial charge in [-0.25, -0.2) is 4.79 Å². The SMILES string of the molecule is CNC1[C@H](C)CN(c2ccncc2NC(=O)OC(C)(C)C)C[C@@H]1C. The molecule has 24 heavy (non-hydrogen) atoms. The summed E-state index contributed by atoms with van der Waals surface area (Å²) in [5, 5.41) is 6.26. The molecule has 0 aliphatic carbocycles. The van der Waals surface area contributed by atoms with Gasteiger partial charge in [0, 0.05) is 25.3 Å². The van der Waals surface area contributed by atoms with Gasteiger partial charge >= 0.3 is 6.09 Å². The highest BCUT2D eigenvalue weighted by Gasteiger charge is 2.32. The second-order valence-electron chi connectivity index (χ2n) is 7.69. The Morgan fingerprint density at radius 2 is 1.92 bits per heavy atom. The molecule has 1 aliphatic heterocycles. The summed E-state index contributed by atoms with van der Waals surface area (Å²) < 4.78 is 5.35. The van der Waals surface area contributed by atoms with Crippen molar-refractivity contribution in [2.75, 3.05) is 30.4 Å². The molecule has 2 heterocycles. The van der Waals surface area contributed by atoms with Gasteiger partial charge in [-0.3, -0.25) is 10.3 Å². The molecule has 1 aromatic rings. The Morgan fingerprint density at radius 3 is 2.46 bits per heavy atom. The predicted octanol–water partition coefficient (Wildman–Crippen LogP) is 3.11. The first-order valence-electron chi connectivity index (χ1n) is 8.57. The molecule has 1 unspecified atom stereocenters. The van der Waals surface area contributed by atoms with Gasteiger partial charge in [0.15, 0.2) is 0 Å². The van der Waals surface area contributed by atoms with E-state index in [1.54, 1.807) is 12.4 Å². The average molecular weight is 334 g/mol. The maximum Gasteiger partial charge on any atom is 0.412 e. The van der Waals surface area contributed by atoms with Crippen molar-refractivity contribution in [2.24, 2.45) is 11.8 Å². The van der Waals surface area contributed by atoms with Gasteiger partial charge in [-0.15, -0.1) is 0 Å². The van der Waals surface area contributed by atoms with Gasteiger partial charge in [-0.1, -0.05) is 13.8 Å². The number of carbonyl (C=O) groups excluding carboxylic acids is 1. The highest BCUT2D eigenvalue weighted by molar-refractivity contribution is 5.89. The predicted molar refractivity (Wildman–Crippen MR) is 97.5 cm³/mol. The number of amides is 1. The molecular formula is C18H30N4O2. The number of carbonyl (C=O) groups is 1. The van der Waals surface area contributed by atoms with E-state index in [9.17, 15) is 4.79 Å². The van der Waals surface area contributed by atoms with Crippen molar-refractivity contribution in [3.63, 3.8) is 0 Å². The van der Waals surface area contributed by atoms with Gasteiger partial charge in [0.1, 0.15) is 5.60 Å². The van der Waals surface area contributed by atoms with Crippen molar-refractivity contribution in [3.8, 4) is 0 Å². The van der Waals surface area contributed by atoms with Crippen molar-refractivity contribution >= 4 is 17.5 Å². The first-order chi connectivity index (χ1) is 11.2. The van der Waals surface area contributed by atoms with E-state index < -0.39 is 11.7 Å². The summed E-state index contributed by atoms with van der Waals surface area (Å²) >= 11 is 0. The molecule has 1 amide bonds. The van der Waals surface area contributed by atoms with E-state index >= 15 is 0 Å². The highest BCUT2D eigenvalue weighted by atomic mass is 16.6. The van der Waals surface area contributed by atoms with Crippen molar-refractivity contribution in [1.82, 2.24) is 10.3 Å². The zero-order chi connectivity index (χ0) is 17.9.